The molecular weight excluding hydrogens is 478 g/mol. The molecule has 1 aliphatic heterocycles. The molecule has 0 saturated heterocycles. The Balaban J connectivity index is 1.61. The molecule has 0 N–H and O–H groups in total. The number of thioether (sulfide) groups is 2. The lowest BCUT2D eigenvalue weighted by molar-refractivity contribution is -0.671. The molecule has 0 spiro atoms. The molecule has 0 saturated carbocycles. The summed E-state index contributed by atoms with van der Waals surface area (Å²) in [5, 5.41) is 2.03. The number of rotatable bonds is 9. The molecule has 1 aliphatic rings. The van der Waals surface area contributed by atoms with Crippen LogP contribution in [0.3, 0.4) is 0 Å². The van der Waals surface area contributed by atoms with E-state index < -0.39 is 0 Å². The Morgan fingerprint density at radius 2 is 2.00 bits per heavy atom. The number of ether oxygens (including phenoxy) is 2. The third kappa shape index (κ3) is 7.09. The summed E-state index contributed by atoms with van der Waals surface area (Å²) in [6, 6.07) is 4.07. The molecule has 0 atom stereocenters. The summed E-state index contributed by atoms with van der Waals surface area (Å²) < 4.78 is 13.5. The number of nitrogens with zero attached hydrogens (tertiary/aromatic N) is 3. The van der Waals surface area contributed by atoms with Crippen molar-refractivity contribution in [1.82, 2.24) is 9.88 Å². The molecule has 3 rings (SSSR count). The number of carbonyl (C=O) groups excluding carboxylic acids is 2. The summed E-state index contributed by atoms with van der Waals surface area (Å²) in [7, 11) is 3.87. The summed E-state index contributed by atoms with van der Waals surface area (Å²) in [5.74, 6) is 0.749. The number of esters is 2. The van der Waals surface area contributed by atoms with Crippen LogP contribution in [0.1, 0.15) is 20.3 Å². The van der Waals surface area contributed by atoms with Gasteiger partial charge in [0, 0.05) is 52.8 Å². The van der Waals surface area contributed by atoms with Crippen LogP contribution >= 0.6 is 34.9 Å². The molecule has 0 aliphatic carbocycles. The second kappa shape index (κ2) is 12.2. The Hall–Kier alpha value is -2.30. The maximum absolute atomic E-state index is 12.8. The first-order valence-electron chi connectivity index (χ1n) is 10.5. The van der Waals surface area contributed by atoms with Crippen LogP contribution in [-0.4, -0.2) is 53.7 Å². The summed E-state index contributed by atoms with van der Waals surface area (Å²) in [5.41, 5.74) is 3.12. The van der Waals surface area contributed by atoms with Gasteiger partial charge in [-0.25, -0.2) is 19.1 Å². The summed E-state index contributed by atoms with van der Waals surface area (Å²) in [6.45, 7) is 3.89. The number of aryl methyl sites for hydroxylation is 1. The van der Waals surface area contributed by atoms with E-state index in [0.717, 1.165) is 32.1 Å². The SMILES string of the molecule is C/C=C(\C)C(=O)OCCCOC(=O)C1=C(Sc2nc(-c3cc[n+](C)cc3)cs2)CSCN1C. The van der Waals surface area contributed by atoms with Gasteiger partial charge in [0.05, 0.1) is 24.8 Å². The van der Waals surface area contributed by atoms with Crippen molar-refractivity contribution in [1.29, 1.82) is 0 Å². The third-order valence-electron chi connectivity index (χ3n) is 4.84. The molecule has 0 fully saturated rings. The van der Waals surface area contributed by atoms with Crippen LogP contribution in [0.25, 0.3) is 11.3 Å². The lowest BCUT2D eigenvalue weighted by atomic mass is 10.2. The van der Waals surface area contributed by atoms with E-state index in [9.17, 15) is 9.59 Å². The van der Waals surface area contributed by atoms with Crippen molar-refractivity contribution in [3.63, 3.8) is 0 Å². The fourth-order valence-corrected chi connectivity index (χ4v) is 6.05. The minimum absolute atomic E-state index is 0.191. The van der Waals surface area contributed by atoms with E-state index in [4.69, 9.17) is 14.5 Å². The second-order valence-electron chi connectivity index (χ2n) is 7.40. The molecule has 0 radical (unpaired) electrons. The molecular formula is C23H28N3O4S3+. The average molecular weight is 507 g/mol. The van der Waals surface area contributed by atoms with Gasteiger partial charge < -0.3 is 14.4 Å². The van der Waals surface area contributed by atoms with Crippen molar-refractivity contribution in [2.45, 2.75) is 24.6 Å². The fraction of sp³-hybridized carbons (Fsp3) is 0.391. The zero-order valence-corrected chi connectivity index (χ0v) is 21.6. The van der Waals surface area contributed by atoms with Gasteiger partial charge in [0.25, 0.3) is 0 Å². The van der Waals surface area contributed by atoms with Crippen LogP contribution in [-0.2, 0) is 26.1 Å². The quantitative estimate of drug-likeness (QED) is 0.219. The predicted molar refractivity (Wildman–Crippen MR) is 133 cm³/mol. The summed E-state index contributed by atoms with van der Waals surface area (Å²) >= 11 is 4.83. The molecule has 176 valence electrons. The summed E-state index contributed by atoms with van der Waals surface area (Å²) in [6.07, 6.45) is 6.14. The number of pyridine rings is 1. The number of hydrogen-bond donors (Lipinski definition) is 0. The number of thiazole rings is 1. The molecule has 0 amide bonds. The van der Waals surface area contributed by atoms with Gasteiger partial charge in [-0.2, -0.15) is 0 Å². The van der Waals surface area contributed by atoms with E-state index in [1.54, 1.807) is 43.0 Å². The van der Waals surface area contributed by atoms with Crippen molar-refractivity contribution in [2.24, 2.45) is 7.05 Å². The monoisotopic (exact) mass is 506 g/mol. The van der Waals surface area contributed by atoms with E-state index >= 15 is 0 Å². The Labute approximate surface area is 206 Å². The first kappa shape index (κ1) is 25.3. The standard InChI is InChI=1S/C23H28N3O4S3/c1-5-16(2)21(27)29-11-6-12-30-22(28)20-19(14-31-15-26(20)4)33-23-24-18(13-32-23)17-7-9-25(3)10-8-17/h5,7-10,13H,6,11-12,14-15H2,1-4H3/q+1/b16-5+. The molecule has 0 aromatic carbocycles. The molecule has 10 heteroatoms. The van der Waals surface area contributed by atoms with Crippen molar-refractivity contribution < 1.29 is 23.6 Å². The molecule has 0 unspecified atom stereocenters. The largest absolute Gasteiger partial charge is 0.462 e. The van der Waals surface area contributed by atoms with Crippen LogP contribution in [0, 0.1) is 0 Å². The van der Waals surface area contributed by atoms with Gasteiger partial charge >= 0.3 is 11.9 Å². The molecule has 2 aromatic rings. The fourth-order valence-electron chi connectivity index (χ4n) is 2.87. The van der Waals surface area contributed by atoms with Crippen molar-refractivity contribution in [3.05, 3.63) is 52.2 Å². The molecule has 0 bridgehead atoms. The van der Waals surface area contributed by atoms with Gasteiger partial charge in [0.1, 0.15) is 12.7 Å². The Kier molecular flexibility index (Phi) is 9.40. The van der Waals surface area contributed by atoms with Gasteiger partial charge in [-0.05, 0) is 13.8 Å². The zero-order valence-electron chi connectivity index (χ0n) is 19.2. The zero-order chi connectivity index (χ0) is 23.8. The van der Waals surface area contributed by atoms with Crippen LogP contribution in [0.4, 0.5) is 0 Å². The number of aromatic nitrogens is 2. The van der Waals surface area contributed by atoms with Gasteiger partial charge in [0.2, 0.25) is 0 Å². The highest BCUT2D eigenvalue weighted by Gasteiger charge is 2.26. The average Bonchev–Trinajstić information content (AvgIpc) is 3.27. The molecule has 3 heterocycles. The maximum Gasteiger partial charge on any atom is 0.355 e. The van der Waals surface area contributed by atoms with Crippen LogP contribution in [0.2, 0.25) is 0 Å². The Morgan fingerprint density at radius 1 is 1.27 bits per heavy atom. The predicted octanol–water partition coefficient (Wildman–Crippen LogP) is 4.02. The maximum atomic E-state index is 12.8. The van der Waals surface area contributed by atoms with Gasteiger partial charge in [0.15, 0.2) is 16.7 Å². The normalized spacial score (nSPS) is 14.4. The van der Waals surface area contributed by atoms with Gasteiger partial charge in [-0.1, -0.05) is 17.8 Å². The number of likely N-dealkylation sites (N-methyl/N-ethyl adjacent to an activating group) is 1. The smallest absolute Gasteiger partial charge is 0.355 e. The highest BCUT2D eigenvalue weighted by Crippen LogP contribution is 2.38. The lowest BCUT2D eigenvalue weighted by Gasteiger charge is -2.28. The van der Waals surface area contributed by atoms with Gasteiger partial charge in [-0.3, -0.25) is 0 Å². The van der Waals surface area contributed by atoms with Crippen molar-refractivity contribution in [2.75, 3.05) is 31.9 Å². The third-order valence-corrected chi connectivity index (χ3v) is 8.10. The lowest BCUT2D eigenvalue weighted by Crippen LogP contribution is -2.30. The van der Waals surface area contributed by atoms with E-state index in [0.29, 0.717) is 17.7 Å². The first-order valence-corrected chi connectivity index (χ1v) is 13.3. The Morgan fingerprint density at radius 3 is 2.73 bits per heavy atom. The minimum atomic E-state index is -0.358. The minimum Gasteiger partial charge on any atom is -0.462 e. The van der Waals surface area contributed by atoms with E-state index in [1.165, 1.54) is 11.8 Å². The number of hydrogen-bond acceptors (Lipinski definition) is 9. The van der Waals surface area contributed by atoms with Gasteiger partial charge in [-0.15, -0.1) is 23.1 Å². The van der Waals surface area contributed by atoms with E-state index in [-0.39, 0.29) is 25.2 Å². The summed E-state index contributed by atoms with van der Waals surface area (Å²) in [4.78, 5) is 32.1. The van der Waals surface area contributed by atoms with Crippen LogP contribution in [0.5, 0.6) is 0 Å². The van der Waals surface area contributed by atoms with E-state index in [1.807, 2.05) is 53.5 Å². The molecule has 2 aromatic heterocycles. The Bertz CT molecular complexity index is 1050. The van der Waals surface area contributed by atoms with Crippen molar-refractivity contribution >= 4 is 46.8 Å². The topological polar surface area (TPSA) is 72.6 Å². The number of allylic oxidation sites excluding steroid dienone is 1. The highest BCUT2D eigenvalue weighted by atomic mass is 32.2. The highest BCUT2D eigenvalue weighted by molar-refractivity contribution is 8.07. The number of carbonyl (C=O) groups is 2. The van der Waals surface area contributed by atoms with Crippen LogP contribution < -0.4 is 4.57 Å². The molecule has 33 heavy (non-hydrogen) atoms. The molecule has 7 nitrogen and oxygen atoms in total. The van der Waals surface area contributed by atoms with Crippen LogP contribution in [0.15, 0.2) is 56.5 Å². The van der Waals surface area contributed by atoms with Crippen molar-refractivity contribution in [3.8, 4) is 11.3 Å². The second-order valence-corrected chi connectivity index (χ2v) is 10.6. The van der Waals surface area contributed by atoms with E-state index in [2.05, 4.69) is 0 Å². The first-order chi connectivity index (χ1) is 15.9.